The van der Waals surface area contributed by atoms with E-state index in [0.29, 0.717) is 0 Å². The van der Waals surface area contributed by atoms with E-state index in [0.717, 1.165) is 58.2 Å². The lowest BCUT2D eigenvalue weighted by atomic mass is 10.1. The lowest BCUT2D eigenvalue weighted by Gasteiger charge is -2.26. The van der Waals surface area contributed by atoms with Crippen molar-refractivity contribution in [1.82, 2.24) is 20.2 Å². The molecule has 1 aliphatic heterocycles. The second-order valence-electron chi connectivity index (χ2n) is 7.03. The predicted octanol–water partition coefficient (Wildman–Crippen LogP) is 3.88. The van der Waals surface area contributed by atoms with Crippen molar-refractivity contribution in [3.05, 3.63) is 53.2 Å². The minimum absolute atomic E-state index is 0.0976. The third-order valence-corrected chi connectivity index (χ3v) is 6.35. The zero-order chi connectivity index (χ0) is 19.1. The van der Waals surface area contributed by atoms with Gasteiger partial charge in [0, 0.05) is 60.5 Å². The molecule has 0 bridgehead atoms. The average Bonchev–Trinajstić information content (AvgIpc) is 3.38. The Morgan fingerprint density at radius 1 is 1.14 bits per heavy atom. The summed E-state index contributed by atoms with van der Waals surface area (Å²) in [5.41, 5.74) is 4.35. The SMILES string of the molecule is Cc1c(Nc2ccnc3sc(C(=O)N4CCNCC4)cc23)ccc2[nH]ccc12. The molecule has 4 aromatic rings. The quantitative estimate of drug-likeness (QED) is 0.496. The van der Waals surface area contributed by atoms with E-state index >= 15 is 0 Å². The number of fused-ring (bicyclic) bond motifs is 2. The number of amides is 1. The van der Waals surface area contributed by atoms with Crippen LogP contribution in [-0.4, -0.2) is 47.0 Å². The van der Waals surface area contributed by atoms with Gasteiger partial charge in [0.05, 0.1) is 10.6 Å². The number of H-pyrrole nitrogens is 1. The van der Waals surface area contributed by atoms with Gasteiger partial charge in [-0.15, -0.1) is 11.3 Å². The normalized spacial score (nSPS) is 14.7. The van der Waals surface area contributed by atoms with Gasteiger partial charge < -0.3 is 20.5 Å². The Kier molecular flexibility index (Phi) is 4.26. The third-order valence-electron chi connectivity index (χ3n) is 5.32. The molecular weight excluding hydrogens is 370 g/mol. The van der Waals surface area contributed by atoms with Crippen LogP contribution < -0.4 is 10.6 Å². The minimum atomic E-state index is 0.0976. The fraction of sp³-hybridized carbons (Fsp3) is 0.238. The lowest BCUT2D eigenvalue weighted by Crippen LogP contribution is -2.46. The van der Waals surface area contributed by atoms with Gasteiger partial charge in [0.15, 0.2) is 0 Å². The number of piperazine rings is 1. The van der Waals surface area contributed by atoms with Crippen LogP contribution in [0.5, 0.6) is 0 Å². The Morgan fingerprint density at radius 2 is 2.00 bits per heavy atom. The third kappa shape index (κ3) is 2.93. The second-order valence-corrected chi connectivity index (χ2v) is 8.06. The van der Waals surface area contributed by atoms with E-state index in [2.05, 4.69) is 45.7 Å². The van der Waals surface area contributed by atoms with Gasteiger partial charge in [-0.1, -0.05) is 0 Å². The number of aryl methyl sites for hydroxylation is 1. The number of carbonyl (C=O) groups is 1. The van der Waals surface area contributed by atoms with Gasteiger partial charge in [0.25, 0.3) is 5.91 Å². The van der Waals surface area contributed by atoms with Crippen LogP contribution in [0.25, 0.3) is 21.1 Å². The molecule has 5 rings (SSSR count). The van der Waals surface area contributed by atoms with Gasteiger partial charge >= 0.3 is 0 Å². The smallest absolute Gasteiger partial charge is 0.264 e. The number of benzene rings is 1. The standard InChI is InChI=1S/C21H21N5OS/c1-13-14-4-6-23-17(14)3-2-16(13)25-18-5-7-24-20-15(18)12-19(28-20)21(27)26-10-8-22-9-11-26/h2-7,12,22-23H,8-11H2,1H3,(H,24,25). The first-order valence-electron chi connectivity index (χ1n) is 9.43. The van der Waals surface area contributed by atoms with Crippen LogP contribution >= 0.6 is 11.3 Å². The van der Waals surface area contributed by atoms with Crippen molar-refractivity contribution in [1.29, 1.82) is 0 Å². The molecule has 0 saturated carbocycles. The maximum Gasteiger partial charge on any atom is 0.264 e. The summed E-state index contributed by atoms with van der Waals surface area (Å²) in [6.45, 7) is 5.32. The van der Waals surface area contributed by atoms with Crippen molar-refractivity contribution in [3.63, 3.8) is 0 Å². The number of thiophene rings is 1. The number of nitrogens with zero attached hydrogens (tertiary/aromatic N) is 2. The summed E-state index contributed by atoms with van der Waals surface area (Å²) in [7, 11) is 0. The van der Waals surface area contributed by atoms with Crippen LogP contribution in [0.3, 0.4) is 0 Å². The minimum Gasteiger partial charge on any atom is -0.361 e. The molecule has 7 heteroatoms. The molecule has 0 atom stereocenters. The molecule has 0 radical (unpaired) electrons. The van der Waals surface area contributed by atoms with Gasteiger partial charge in [-0.3, -0.25) is 4.79 Å². The summed E-state index contributed by atoms with van der Waals surface area (Å²) in [6, 6.07) is 10.2. The molecule has 3 N–H and O–H groups in total. The van der Waals surface area contributed by atoms with E-state index in [1.807, 2.05) is 23.2 Å². The maximum atomic E-state index is 12.9. The Hall–Kier alpha value is -2.90. The summed E-state index contributed by atoms with van der Waals surface area (Å²) in [4.78, 5) is 24.1. The van der Waals surface area contributed by atoms with Gasteiger partial charge in [-0.25, -0.2) is 4.98 Å². The molecule has 4 heterocycles. The van der Waals surface area contributed by atoms with Gasteiger partial charge in [0.1, 0.15) is 4.83 Å². The number of aromatic amines is 1. The first kappa shape index (κ1) is 17.2. The number of rotatable bonds is 3. The predicted molar refractivity (Wildman–Crippen MR) is 115 cm³/mol. The summed E-state index contributed by atoms with van der Waals surface area (Å²) in [5.74, 6) is 0.0976. The fourth-order valence-electron chi connectivity index (χ4n) is 3.74. The van der Waals surface area contributed by atoms with E-state index in [1.165, 1.54) is 22.3 Å². The summed E-state index contributed by atoms with van der Waals surface area (Å²) in [6.07, 6.45) is 3.75. The number of anilines is 2. The first-order valence-corrected chi connectivity index (χ1v) is 10.2. The van der Waals surface area contributed by atoms with Crippen LogP contribution in [0.1, 0.15) is 15.2 Å². The van der Waals surface area contributed by atoms with Crippen molar-refractivity contribution < 1.29 is 4.79 Å². The van der Waals surface area contributed by atoms with E-state index < -0.39 is 0 Å². The molecule has 1 aliphatic rings. The maximum absolute atomic E-state index is 12.9. The van der Waals surface area contributed by atoms with Crippen LogP contribution in [0.2, 0.25) is 0 Å². The molecule has 142 valence electrons. The van der Waals surface area contributed by atoms with E-state index in [9.17, 15) is 4.79 Å². The van der Waals surface area contributed by atoms with Crippen LogP contribution in [-0.2, 0) is 0 Å². The zero-order valence-electron chi connectivity index (χ0n) is 15.6. The van der Waals surface area contributed by atoms with E-state index in [-0.39, 0.29) is 5.91 Å². The van der Waals surface area contributed by atoms with Crippen LogP contribution in [0, 0.1) is 6.92 Å². The molecule has 0 aliphatic carbocycles. The number of carbonyl (C=O) groups excluding carboxylic acids is 1. The Bertz CT molecular complexity index is 1170. The fourth-order valence-corrected chi connectivity index (χ4v) is 4.74. The van der Waals surface area contributed by atoms with Gasteiger partial charge in [-0.05, 0) is 42.8 Å². The number of pyridine rings is 1. The highest BCUT2D eigenvalue weighted by molar-refractivity contribution is 7.20. The van der Waals surface area contributed by atoms with Crippen LogP contribution in [0.15, 0.2) is 42.7 Å². The largest absolute Gasteiger partial charge is 0.361 e. The second kappa shape index (κ2) is 6.92. The number of hydrogen-bond donors (Lipinski definition) is 3. The van der Waals surface area contributed by atoms with E-state index in [1.54, 1.807) is 6.20 Å². The van der Waals surface area contributed by atoms with Crippen molar-refractivity contribution in [2.24, 2.45) is 0 Å². The monoisotopic (exact) mass is 391 g/mol. The van der Waals surface area contributed by atoms with Crippen molar-refractivity contribution in [2.45, 2.75) is 6.92 Å². The van der Waals surface area contributed by atoms with Gasteiger partial charge in [0.2, 0.25) is 0 Å². The first-order chi connectivity index (χ1) is 13.7. The molecule has 1 saturated heterocycles. The van der Waals surface area contributed by atoms with Crippen molar-refractivity contribution in [3.8, 4) is 0 Å². The Labute approximate surface area is 166 Å². The summed E-state index contributed by atoms with van der Waals surface area (Å²) >= 11 is 1.46. The number of aromatic nitrogens is 2. The number of nitrogens with one attached hydrogen (secondary N) is 3. The lowest BCUT2D eigenvalue weighted by molar-refractivity contribution is 0.0741. The van der Waals surface area contributed by atoms with E-state index in [4.69, 9.17) is 0 Å². The highest BCUT2D eigenvalue weighted by atomic mass is 32.1. The van der Waals surface area contributed by atoms with Crippen molar-refractivity contribution in [2.75, 3.05) is 31.5 Å². The highest BCUT2D eigenvalue weighted by Crippen LogP contribution is 2.34. The van der Waals surface area contributed by atoms with Crippen molar-refractivity contribution >= 4 is 49.7 Å². The summed E-state index contributed by atoms with van der Waals surface area (Å²) in [5, 5.41) is 9.02. The highest BCUT2D eigenvalue weighted by Gasteiger charge is 2.21. The topological polar surface area (TPSA) is 73.1 Å². The Balaban J connectivity index is 1.50. The molecule has 0 spiro atoms. The molecule has 6 nitrogen and oxygen atoms in total. The molecule has 1 amide bonds. The molecule has 3 aromatic heterocycles. The molecule has 28 heavy (non-hydrogen) atoms. The molecular formula is C21H21N5OS. The zero-order valence-corrected chi connectivity index (χ0v) is 16.4. The summed E-state index contributed by atoms with van der Waals surface area (Å²) < 4.78 is 0. The molecule has 1 fully saturated rings. The average molecular weight is 392 g/mol. The van der Waals surface area contributed by atoms with Crippen LogP contribution in [0.4, 0.5) is 11.4 Å². The molecule has 0 unspecified atom stereocenters. The Morgan fingerprint density at radius 3 is 2.86 bits per heavy atom. The number of hydrogen-bond acceptors (Lipinski definition) is 5. The van der Waals surface area contributed by atoms with Gasteiger partial charge in [-0.2, -0.15) is 0 Å². The molecule has 1 aromatic carbocycles.